The lowest BCUT2D eigenvalue weighted by Gasteiger charge is -2.19. The van der Waals surface area contributed by atoms with Crippen LogP contribution in [-0.4, -0.2) is 10.8 Å². The topological polar surface area (TPSA) is 71.0 Å². The number of hydrogen-bond acceptors (Lipinski definition) is 4. The predicted molar refractivity (Wildman–Crippen MR) is 66.9 cm³/mol. The van der Waals surface area contributed by atoms with Gasteiger partial charge in [-0.2, -0.15) is 5.11 Å². The highest BCUT2D eigenvalue weighted by Crippen LogP contribution is 2.25. The van der Waals surface area contributed by atoms with Crippen molar-refractivity contribution in [2.45, 2.75) is 12.1 Å². The van der Waals surface area contributed by atoms with Crippen LogP contribution < -0.4 is 5.73 Å². The smallest absolute Gasteiger partial charge is 0.136 e. The van der Waals surface area contributed by atoms with Gasteiger partial charge >= 0.3 is 0 Å². The molecule has 2 rings (SSSR count). The van der Waals surface area contributed by atoms with Gasteiger partial charge in [-0.1, -0.05) is 29.8 Å². The molecule has 0 bridgehead atoms. The molecule has 0 aromatic heterocycles. The summed E-state index contributed by atoms with van der Waals surface area (Å²) in [5, 5.41) is 18.1. The summed E-state index contributed by atoms with van der Waals surface area (Å²) in [5.74, 6) is 0. The zero-order chi connectivity index (χ0) is 12.3. The van der Waals surface area contributed by atoms with E-state index < -0.39 is 5.72 Å². The average Bonchev–Trinajstić information content (AvgIpc) is 2.30. The van der Waals surface area contributed by atoms with Gasteiger partial charge in [-0.3, -0.25) is 0 Å². The van der Waals surface area contributed by atoms with Crippen molar-refractivity contribution < 1.29 is 5.11 Å². The van der Waals surface area contributed by atoms with Crippen LogP contribution in [0, 0.1) is 0 Å². The van der Waals surface area contributed by atoms with Crippen LogP contribution in [0.4, 0.5) is 5.69 Å². The second-order valence-electron chi connectivity index (χ2n) is 3.81. The first-order valence-electron chi connectivity index (χ1n) is 5.14. The summed E-state index contributed by atoms with van der Waals surface area (Å²) in [6.07, 6.45) is 5.17. The van der Waals surface area contributed by atoms with Crippen LogP contribution in [0.5, 0.6) is 0 Å². The zero-order valence-corrected chi connectivity index (χ0v) is 9.80. The van der Waals surface area contributed by atoms with Gasteiger partial charge in [-0.15, -0.1) is 5.11 Å². The number of rotatable bonds is 2. The molecule has 1 aliphatic carbocycles. The standard InChI is InChI=1S/C12H12ClN3O/c13-10-3-1-2-4-11(10)16-15-9-5-7-12(14,17)8-6-9/h1-7,17H,8,14H2. The minimum atomic E-state index is -1.27. The van der Waals surface area contributed by atoms with E-state index in [1.165, 1.54) is 6.08 Å². The Bertz CT molecular complexity index is 506. The quantitative estimate of drug-likeness (QED) is 0.625. The molecule has 0 saturated heterocycles. The summed E-state index contributed by atoms with van der Waals surface area (Å²) in [6, 6.07) is 7.19. The number of nitrogens with two attached hydrogens (primary N) is 1. The van der Waals surface area contributed by atoms with Crippen LogP contribution in [0.25, 0.3) is 0 Å². The molecule has 0 amide bonds. The monoisotopic (exact) mass is 249 g/mol. The zero-order valence-electron chi connectivity index (χ0n) is 9.05. The Balaban J connectivity index is 2.11. The van der Waals surface area contributed by atoms with Crippen LogP contribution in [0.15, 0.2) is 58.4 Å². The van der Waals surface area contributed by atoms with E-state index in [1.54, 1.807) is 24.3 Å². The number of hydrogen-bond donors (Lipinski definition) is 2. The Kier molecular flexibility index (Phi) is 3.38. The Morgan fingerprint density at radius 3 is 2.71 bits per heavy atom. The van der Waals surface area contributed by atoms with Gasteiger partial charge in [0, 0.05) is 6.42 Å². The number of benzene rings is 1. The maximum Gasteiger partial charge on any atom is 0.136 e. The van der Waals surface area contributed by atoms with Crippen molar-refractivity contribution in [1.82, 2.24) is 0 Å². The normalized spacial score (nSPS) is 24.1. The highest BCUT2D eigenvalue weighted by molar-refractivity contribution is 6.32. The van der Waals surface area contributed by atoms with Gasteiger partial charge in [0.1, 0.15) is 11.4 Å². The molecule has 17 heavy (non-hydrogen) atoms. The fourth-order valence-corrected chi connectivity index (χ4v) is 1.53. The van der Waals surface area contributed by atoms with Crippen LogP contribution >= 0.6 is 11.6 Å². The lowest BCUT2D eigenvalue weighted by atomic mass is 10.0. The molecular formula is C12H12ClN3O. The van der Waals surface area contributed by atoms with Crippen LogP contribution in [0.2, 0.25) is 5.02 Å². The third-order valence-electron chi connectivity index (χ3n) is 2.31. The van der Waals surface area contributed by atoms with E-state index in [0.29, 0.717) is 22.8 Å². The lowest BCUT2D eigenvalue weighted by Crippen LogP contribution is -2.37. The van der Waals surface area contributed by atoms with Crippen LogP contribution in [-0.2, 0) is 0 Å². The second-order valence-corrected chi connectivity index (χ2v) is 4.22. The van der Waals surface area contributed by atoms with Crippen LogP contribution in [0.1, 0.15) is 6.42 Å². The summed E-state index contributed by atoms with van der Waals surface area (Å²) in [4.78, 5) is 0. The van der Waals surface area contributed by atoms with Crippen molar-refractivity contribution in [2.75, 3.05) is 0 Å². The van der Waals surface area contributed by atoms with Crippen molar-refractivity contribution >= 4 is 17.3 Å². The first-order valence-corrected chi connectivity index (χ1v) is 5.51. The summed E-state index contributed by atoms with van der Waals surface area (Å²) in [6.45, 7) is 0. The molecule has 0 saturated carbocycles. The number of azo groups is 1. The minimum absolute atomic E-state index is 0.320. The molecule has 5 heteroatoms. The minimum Gasteiger partial charge on any atom is -0.372 e. The van der Waals surface area contributed by atoms with E-state index in [2.05, 4.69) is 10.2 Å². The number of allylic oxidation sites excluding steroid dienone is 1. The fourth-order valence-electron chi connectivity index (χ4n) is 1.35. The van der Waals surface area contributed by atoms with Crippen molar-refractivity contribution in [3.63, 3.8) is 0 Å². The highest BCUT2D eigenvalue weighted by Gasteiger charge is 2.18. The van der Waals surface area contributed by atoms with E-state index in [4.69, 9.17) is 17.3 Å². The Labute approximate surface area is 104 Å². The molecule has 0 radical (unpaired) electrons. The SMILES string of the molecule is NC1(O)C=CC(N=Nc2ccccc2Cl)=CC1. The number of halogens is 1. The predicted octanol–water partition coefficient (Wildman–Crippen LogP) is 2.91. The molecule has 0 heterocycles. The van der Waals surface area contributed by atoms with Crippen molar-refractivity contribution in [3.8, 4) is 0 Å². The number of nitrogens with zero attached hydrogens (tertiary/aromatic N) is 2. The van der Waals surface area contributed by atoms with Gasteiger partial charge in [-0.05, 0) is 24.3 Å². The van der Waals surface area contributed by atoms with Gasteiger partial charge in [0.15, 0.2) is 0 Å². The van der Waals surface area contributed by atoms with Crippen molar-refractivity contribution in [3.05, 3.63) is 53.2 Å². The second kappa shape index (κ2) is 4.79. The summed E-state index contributed by atoms with van der Waals surface area (Å²) in [7, 11) is 0. The largest absolute Gasteiger partial charge is 0.372 e. The highest BCUT2D eigenvalue weighted by atomic mass is 35.5. The van der Waals surface area contributed by atoms with Gasteiger partial charge in [-0.25, -0.2) is 0 Å². The summed E-state index contributed by atoms with van der Waals surface area (Å²) in [5.41, 5.74) is 5.49. The summed E-state index contributed by atoms with van der Waals surface area (Å²) < 4.78 is 0. The van der Waals surface area contributed by atoms with Crippen molar-refractivity contribution in [2.24, 2.45) is 16.0 Å². The Morgan fingerprint density at radius 2 is 2.06 bits per heavy atom. The fraction of sp³-hybridized carbons (Fsp3) is 0.167. The maximum absolute atomic E-state index is 9.47. The molecule has 1 aromatic rings. The average molecular weight is 250 g/mol. The van der Waals surface area contributed by atoms with Gasteiger partial charge in [0.05, 0.1) is 10.7 Å². The van der Waals surface area contributed by atoms with Crippen LogP contribution in [0.3, 0.4) is 0 Å². The molecule has 1 atom stereocenters. The van der Waals surface area contributed by atoms with E-state index in [-0.39, 0.29) is 0 Å². The molecule has 88 valence electrons. The molecular weight excluding hydrogens is 238 g/mol. The first-order chi connectivity index (χ1) is 8.07. The van der Waals surface area contributed by atoms with Gasteiger partial charge < -0.3 is 10.8 Å². The van der Waals surface area contributed by atoms with E-state index in [9.17, 15) is 5.11 Å². The summed E-state index contributed by atoms with van der Waals surface area (Å²) >= 11 is 5.94. The molecule has 1 aliphatic rings. The van der Waals surface area contributed by atoms with E-state index in [0.717, 1.165) is 0 Å². The molecule has 3 N–H and O–H groups in total. The molecule has 1 aromatic carbocycles. The van der Waals surface area contributed by atoms with Crippen molar-refractivity contribution in [1.29, 1.82) is 0 Å². The maximum atomic E-state index is 9.47. The molecule has 0 spiro atoms. The molecule has 1 unspecified atom stereocenters. The Hall–Kier alpha value is -1.49. The van der Waals surface area contributed by atoms with E-state index in [1.807, 2.05) is 12.1 Å². The molecule has 4 nitrogen and oxygen atoms in total. The van der Waals surface area contributed by atoms with Gasteiger partial charge in [0.25, 0.3) is 0 Å². The Morgan fingerprint density at radius 1 is 1.29 bits per heavy atom. The lowest BCUT2D eigenvalue weighted by molar-refractivity contribution is 0.100. The van der Waals surface area contributed by atoms with E-state index >= 15 is 0 Å². The molecule has 0 fully saturated rings. The third kappa shape index (κ3) is 3.23. The third-order valence-corrected chi connectivity index (χ3v) is 2.63. The van der Waals surface area contributed by atoms with Gasteiger partial charge in [0.2, 0.25) is 0 Å². The number of aliphatic hydroxyl groups is 1. The molecule has 0 aliphatic heterocycles. The first kappa shape index (κ1) is 12.0.